The fourth-order valence-electron chi connectivity index (χ4n) is 1.02. The fourth-order valence-corrected chi connectivity index (χ4v) is 1.02. The van der Waals surface area contributed by atoms with E-state index in [4.69, 9.17) is 0 Å². The van der Waals surface area contributed by atoms with Crippen LogP contribution in [0.2, 0.25) is 0 Å². The van der Waals surface area contributed by atoms with Gasteiger partial charge in [0.1, 0.15) is 5.75 Å². The van der Waals surface area contributed by atoms with Gasteiger partial charge in [0.15, 0.2) is 0 Å². The van der Waals surface area contributed by atoms with Crippen molar-refractivity contribution >= 4 is 5.57 Å². The van der Waals surface area contributed by atoms with E-state index >= 15 is 0 Å². The minimum Gasteiger partial charge on any atom is -0.508 e. The number of hydrogen-bond acceptors (Lipinski definition) is 1. The van der Waals surface area contributed by atoms with Crippen molar-refractivity contribution in [2.24, 2.45) is 0 Å². The van der Waals surface area contributed by atoms with Crippen molar-refractivity contribution in [2.75, 3.05) is 0 Å². The summed E-state index contributed by atoms with van der Waals surface area (Å²) in [6, 6.07) is 5.74. The van der Waals surface area contributed by atoms with Crippen LogP contribution in [-0.4, -0.2) is 5.11 Å². The number of benzene rings is 1. The monoisotopic (exact) mass is 162 g/mol. The van der Waals surface area contributed by atoms with Crippen molar-refractivity contribution in [3.63, 3.8) is 0 Å². The van der Waals surface area contributed by atoms with Crippen LogP contribution in [0.1, 0.15) is 25.0 Å². The van der Waals surface area contributed by atoms with E-state index in [-0.39, 0.29) is 0 Å². The Kier molecular flexibility index (Phi) is 2.54. The van der Waals surface area contributed by atoms with Gasteiger partial charge in [-0.1, -0.05) is 18.2 Å². The summed E-state index contributed by atoms with van der Waals surface area (Å²) in [5.74, 6) is 0.369. The van der Waals surface area contributed by atoms with Gasteiger partial charge in [-0.3, -0.25) is 0 Å². The molecule has 0 aromatic heterocycles. The minimum atomic E-state index is 0.369. The van der Waals surface area contributed by atoms with E-state index in [1.807, 2.05) is 39.0 Å². The first-order valence-electron chi connectivity index (χ1n) is 4.08. The Bertz CT molecular complexity index is 311. The van der Waals surface area contributed by atoms with E-state index in [2.05, 4.69) is 0 Å². The first kappa shape index (κ1) is 8.85. The third-order valence-electron chi connectivity index (χ3n) is 2.10. The van der Waals surface area contributed by atoms with Gasteiger partial charge in [0.25, 0.3) is 0 Å². The molecule has 0 saturated heterocycles. The second-order valence-electron chi connectivity index (χ2n) is 2.97. The lowest BCUT2D eigenvalue weighted by Crippen LogP contribution is -1.80. The highest BCUT2D eigenvalue weighted by molar-refractivity contribution is 5.65. The first-order valence-corrected chi connectivity index (χ1v) is 4.08. The zero-order valence-electron chi connectivity index (χ0n) is 7.76. The molecule has 0 radical (unpaired) electrons. The number of phenolic OH excluding ortho intramolecular Hbond substituents is 1. The van der Waals surface area contributed by atoms with Crippen molar-refractivity contribution in [2.45, 2.75) is 20.8 Å². The lowest BCUT2D eigenvalue weighted by atomic mass is 10.1. The molecule has 0 amide bonds. The normalized spacial score (nSPS) is 11.8. The van der Waals surface area contributed by atoms with Crippen LogP contribution in [-0.2, 0) is 0 Å². The molecule has 12 heavy (non-hydrogen) atoms. The van der Waals surface area contributed by atoms with Gasteiger partial charge in [0, 0.05) is 0 Å². The largest absolute Gasteiger partial charge is 0.508 e. The molecule has 1 rings (SSSR count). The van der Waals surface area contributed by atoms with E-state index in [0.29, 0.717) is 5.75 Å². The van der Waals surface area contributed by atoms with Crippen LogP contribution in [0, 0.1) is 6.92 Å². The number of aromatic hydroxyl groups is 1. The Labute approximate surface area is 73.4 Å². The van der Waals surface area contributed by atoms with E-state index < -0.39 is 0 Å². The van der Waals surface area contributed by atoms with Crippen molar-refractivity contribution < 1.29 is 5.11 Å². The molecular weight excluding hydrogens is 148 g/mol. The maximum absolute atomic E-state index is 9.42. The topological polar surface area (TPSA) is 20.2 Å². The number of aryl methyl sites for hydroxylation is 1. The highest BCUT2D eigenvalue weighted by Gasteiger charge is 1.98. The van der Waals surface area contributed by atoms with Gasteiger partial charge in [-0.05, 0) is 43.5 Å². The third kappa shape index (κ3) is 1.67. The van der Waals surface area contributed by atoms with E-state index in [1.54, 1.807) is 6.07 Å². The molecule has 64 valence electrons. The molecule has 0 aliphatic rings. The van der Waals surface area contributed by atoms with Crippen LogP contribution < -0.4 is 0 Å². The van der Waals surface area contributed by atoms with E-state index in [0.717, 1.165) is 11.1 Å². The Balaban J connectivity index is 3.13. The Morgan fingerprint density at radius 3 is 2.58 bits per heavy atom. The first-order chi connectivity index (χ1) is 5.65. The van der Waals surface area contributed by atoms with Gasteiger partial charge < -0.3 is 5.11 Å². The number of allylic oxidation sites excluding steroid dienone is 2. The molecule has 0 heterocycles. The maximum Gasteiger partial charge on any atom is 0.119 e. The lowest BCUT2D eigenvalue weighted by Gasteiger charge is -2.03. The molecule has 0 aliphatic carbocycles. The van der Waals surface area contributed by atoms with Crippen LogP contribution in [0.3, 0.4) is 0 Å². The molecule has 0 fully saturated rings. The zero-order chi connectivity index (χ0) is 9.14. The summed E-state index contributed by atoms with van der Waals surface area (Å²) in [6.07, 6.45) is 2.03. The molecule has 1 heteroatoms. The summed E-state index contributed by atoms with van der Waals surface area (Å²) >= 11 is 0. The standard InChI is InChI=1S/C11H14O/c1-4-8(2)10-6-5-9(3)11(12)7-10/h4-7,12H,1-3H3. The van der Waals surface area contributed by atoms with E-state index in [9.17, 15) is 5.11 Å². The molecule has 0 aliphatic heterocycles. The maximum atomic E-state index is 9.42. The predicted molar refractivity (Wildman–Crippen MR) is 52.2 cm³/mol. The number of hydrogen-bond donors (Lipinski definition) is 1. The van der Waals surface area contributed by atoms with Crippen LogP contribution in [0.25, 0.3) is 5.57 Å². The molecule has 1 nitrogen and oxygen atoms in total. The third-order valence-corrected chi connectivity index (χ3v) is 2.10. The molecular formula is C11H14O. The molecule has 0 bridgehead atoms. The summed E-state index contributed by atoms with van der Waals surface area (Å²) < 4.78 is 0. The minimum absolute atomic E-state index is 0.369. The highest BCUT2D eigenvalue weighted by Crippen LogP contribution is 2.22. The van der Waals surface area contributed by atoms with Crippen molar-refractivity contribution in [3.05, 3.63) is 35.4 Å². The Morgan fingerprint density at radius 2 is 2.08 bits per heavy atom. The van der Waals surface area contributed by atoms with Crippen LogP contribution in [0.4, 0.5) is 0 Å². The summed E-state index contributed by atoms with van der Waals surface area (Å²) in [5.41, 5.74) is 3.19. The highest BCUT2D eigenvalue weighted by atomic mass is 16.3. The molecule has 0 spiro atoms. The summed E-state index contributed by atoms with van der Waals surface area (Å²) in [5, 5.41) is 9.42. The van der Waals surface area contributed by atoms with Crippen LogP contribution >= 0.6 is 0 Å². The summed E-state index contributed by atoms with van der Waals surface area (Å²) in [7, 11) is 0. The quantitative estimate of drug-likeness (QED) is 0.672. The predicted octanol–water partition coefficient (Wildman–Crippen LogP) is 3.12. The van der Waals surface area contributed by atoms with Gasteiger partial charge in [0.05, 0.1) is 0 Å². The molecule has 0 atom stereocenters. The van der Waals surface area contributed by atoms with Crippen molar-refractivity contribution in [1.82, 2.24) is 0 Å². The average molecular weight is 162 g/mol. The van der Waals surface area contributed by atoms with Crippen LogP contribution in [0.5, 0.6) is 5.75 Å². The van der Waals surface area contributed by atoms with Gasteiger partial charge in [-0.15, -0.1) is 0 Å². The second-order valence-corrected chi connectivity index (χ2v) is 2.97. The molecule has 1 aromatic rings. The average Bonchev–Trinajstić information content (AvgIpc) is 2.08. The van der Waals surface area contributed by atoms with E-state index in [1.165, 1.54) is 5.57 Å². The van der Waals surface area contributed by atoms with Gasteiger partial charge >= 0.3 is 0 Å². The Morgan fingerprint density at radius 1 is 1.42 bits per heavy atom. The Hall–Kier alpha value is -1.24. The molecule has 1 aromatic carbocycles. The van der Waals surface area contributed by atoms with Crippen LogP contribution in [0.15, 0.2) is 24.3 Å². The molecule has 0 saturated carbocycles. The molecule has 0 unspecified atom stereocenters. The molecule has 1 N–H and O–H groups in total. The van der Waals surface area contributed by atoms with Gasteiger partial charge in [-0.25, -0.2) is 0 Å². The number of phenols is 1. The van der Waals surface area contributed by atoms with Gasteiger partial charge in [0.2, 0.25) is 0 Å². The fraction of sp³-hybridized carbons (Fsp3) is 0.273. The smallest absolute Gasteiger partial charge is 0.119 e. The number of rotatable bonds is 1. The second kappa shape index (κ2) is 3.44. The van der Waals surface area contributed by atoms with Crippen molar-refractivity contribution in [1.29, 1.82) is 0 Å². The summed E-state index contributed by atoms with van der Waals surface area (Å²) in [4.78, 5) is 0. The lowest BCUT2D eigenvalue weighted by molar-refractivity contribution is 0.471. The zero-order valence-corrected chi connectivity index (χ0v) is 7.76. The summed E-state index contributed by atoms with van der Waals surface area (Å²) in [6.45, 7) is 5.92. The van der Waals surface area contributed by atoms with Gasteiger partial charge in [-0.2, -0.15) is 0 Å². The SMILES string of the molecule is CC=C(C)c1ccc(C)c(O)c1. The van der Waals surface area contributed by atoms with Crippen molar-refractivity contribution in [3.8, 4) is 5.75 Å².